The second kappa shape index (κ2) is 18.0. The molecule has 0 atom stereocenters. The molecule has 0 spiro atoms. The Kier molecular flexibility index (Phi) is 10.8. The average molecular weight is 1070 g/mol. The van der Waals surface area contributed by atoms with Crippen LogP contribution >= 0.6 is 0 Å². The van der Waals surface area contributed by atoms with Gasteiger partial charge in [0.1, 0.15) is 5.58 Å². The summed E-state index contributed by atoms with van der Waals surface area (Å²) in [5, 5.41) is 6.84. The van der Waals surface area contributed by atoms with E-state index in [1.165, 1.54) is 21.8 Å². The Balaban J connectivity index is 0.000000232. The molecular formula is C63H46IrN4O-2. The van der Waals surface area contributed by atoms with Crippen molar-refractivity contribution in [3.63, 3.8) is 0 Å². The normalized spacial score (nSPS) is 12.3. The number of para-hydroxylation sites is 4. The van der Waals surface area contributed by atoms with Crippen molar-refractivity contribution in [2.24, 2.45) is 5.41 Å². The van der Waals surface area contributed by atoms with Gasteiger partial charge in [-0.3, -0.25) is 0 Å². The summed E-state index contributed by atoms with van der Waals surface area (Å²) >= 11 is 0. The zero-order valence-electron chi connectivity index (χ0n) is 40.2. The van der Waals surface area contributed by atoms with Crippen LogP contribution in [0.2, 0.25) is 0 Å². The smallest absolute Gasteiger partial charge is 0.128 e. The Morgan fingerprint density at radius 3 is 1.93 bits per heavy atom. The van der Waals surface area contributed by atoms with E-state index >= 15 is 0 Å². The molecule has 0 saturated carbocycles. The quantitative estimate of drug-likeness (QED) is 0.156. The monoisotopic (exact) mass is 1070 g/mol. The van der Waals surface area contributed by atoms with E-state index in [1.54, 1.807) is 12.3 Å². The Hall–Kier alpha value is -7.89. The van der Waals surface area contributed by atoms with E-state index < -0.39 is 11.8 Å². The van der Waals surface area contributed by atoms with Gasteiger partial charge in [-0.25, -0.2) is 0 Å². The minimum atomic E-state index is -1.40. The van der Waals surface area contributed by atoms with Crippen LogP contribution in [-0.4, -0.2) is 19.1 Å². The molecule has 6 heteroatoms. The first-order valence-electron chi connectivity index (χ1n) is 24.0. The van der Waals surface area contributed by atoms with E-state index in [2.05, 4.69) is 178 Å². The molecule has 5 aromatic heterocycles. The van der Waals surface area contributed by atoms with Crippen LogP contribution in [0.5, 0.6) is 0 Å². The van der Waals surface area contributed by atoms with Crippen LogP contribution in [0.3, 0.4) is 0 Å². The summed E-state index contributed by atoms with van der Waals surface area (Å²) < 4.78 is 28.1. The predicted octanol–water partition coefficient (Wildman–Crippen LogP) is 16.4. The van der Waals surface area contributed by atoms with E-state index in [0.29, 0.717) is 5.56 Å². The van der Waals surface area contributed by atoms with Crippen molar-refractivity contribution in [2.45, 2.75) is 27.1 Å². The SMILES string of the molecule is [2H]C([2H])(c1ccnc(-c2[c-]cccc2)c1)C(C)(C)C.[Ir].[c-]1ccc2c(oc3c(-c4ccccc4)cccc32)c1-c1cc2c(cn1)c1ccccc1n2-c1ccc2c(c1)c1ccccc1n2-c1ccccc1. The molecule has 0 aliphatic rings. The summed E-state index contributed by atoms with van der Waals surface area (Å²) in [5.41, 5.74) is 14.2. The second-order valence-electron chi connectivity index (χ2n) is 18.2. The van der Waals surface area contributed by atoms with Crippen LogP contribution in [0.25, 0.3) is 111 Å². The fourth-order valence-electron chi connectivity index (χ4n) is 9.67. The molecule has 0 bridgehead atoms. The first-order chi connectivity index (χ1) is 34.1. The Morgan fingerprint density at radius 2 is 1.17 bits per heavy atom. The number of rotatable bonds is 6. The summed E-state index contributed by atoms with van der Waals surface area (Å²) in [5.74, 6) is 0. The van der Waals surface area contributed by atoms with Crippen LogP contribution in [0.4, 0.5) is 0 Å². The first kappa shape index (κ1) is 41.3. The Bertz CT molecular complexity index is 4080. The number of benzene rings is 8. The Morgan fingerprint density at radius 1 is 0.507 bits per heavy atom. The number of hydrogen-bond acceptors (Lipinski definition) is 3. The zero-order chi connectivity index (χ0) is 47.6. The molecule has 5 heterocycles. The molecule has 69 heavy (non-hydrogen) atoms. The van der Waals surface area contributed by atoms with Crippen molar-refractivity contribution in [2.75, 3.05) is 0 Å². The fraction of sp³-hybridized carbons (Fsp3) is 0.0794. The van der Waals surface area contributed by atoms with Gasteiger partial charge in [0.05, 0.1) is 22.1 Å². The summed E-state index contributed by atoms with van der Waals surface area (Å²) in [4.78, 5) is 9.36. The van der Waals surface area contributed by atoms with Crippen LogP contribution < -0.4 is 0 Å². The van der Waals surface area contributed by atoms with Gasteiger partial charge < -0.3 is 23.5 Å². The van der Waals surface area contributed by atoms with Gasteiger partial charge in [0, 0.05) is 84.6 Å². The van der Waals surface area contributed by atoms with E-state index in [-0.39, 0.29) is 20.1 Å². The average Bonchev–Trinajstić information content (AvgIpc) is 4.07. The third kappa shape index (κ3) is 8.02. The molecule has 13 aromatic rings. The maximum absolute atomic E-state index is 8.31. The summed E-state index contributed by atoms with van der Waals surface area (Å²) in [6, 6.07) is 75.5. The molecule has 0 unspecified atom stereocenters. The van der Waals surface area contributed by atoms with E-state index in [0.717, 1.165) is 88.8 Å². The third-order valence-electron chi connectivity index (χ3n) is 12.6. The molecule has 5 nitrogen and oxygen atoms in total. The Labute approximate surface area is 417 Å². The maximum Gasteiger partial charge on any atom is 0.128 e. The van der Waals surface area contributed by atoms with Crippen molar-refractivity contribution in [1.29, 1.82) is 0 Å². The number of furan rings is 1. The topological polar surface area (TPSA) is 48.8 Å². The minimum Gasteiger partial charge on any atom is -0.500 e. The van der Waals surface area contributed by atoms with Gasteiger partial charge in [0.2, 0.25) is 0 Å². The molecule has 0 saturated heterocycles. The number of fused-ring (bicyclic) bond motifs is 9. The van der Waals surface area contributed by atoms with Crippen LogP contribution in [0, 0.1) is 17.5 Å². The van der Waals surface area contributed by atoms with Crippen molar-refractivity contribution in [1.82, 2.24) is 19.1 Å². The van der Waals surface area contributed by atoms with Gasteiger partial charge in [-0.05, 0) is 77.3 Å². The molecule has 8 aromatic carbocycles. The molecule has 0 amide bonds. The number of aromatic nitrogens is 4. The fourth-order valence-corrected chi connectivity index (χ4v) is 9.67. The van der Waals surface area contributed by atoms with Gasteiger partial charge in [-0.2, -0.15) is 0 Å². The molecule has 0 aliphatic heterocycles. The van der Waals surface area contributed by atoms with Gasteiger partial charge in [-0.15, -0.1) is 54.1 Å². The molecule has 335 valence electrons. The first-order valence-corrected chi connectivity index (χ1v) is 23.0. The summed E-state index contributed by atoms with van der Waals surface area (Å²) in [6.07, 6.45) is 2.27. The number of pyridine rings is 2. The van der Waals surface area contributed by atoms with Gasteiger partial charge in [0.15, 0.2) is 0 Å². The minimum absolute atomic E-state index is 0. The molecule has 0 aliphatic carbocycles. The largest absolute Gasteiger partial charge is 0.500 e. The standard InChI is InChI=1S/C47H28N3O.C16H18N.Ir/c1-3-13-30(14-4-1)33-19-11-20-36-37-21-12-22-38(47(37)51-46(33)36)41-28-45-40(29-48-41)35-18-8-10-24-43(35)50(45)32-25-26-44-39(27-32)34-17-7-9-23-42(34)49(44)31-15-5-2-6-16-31;1-16(2,3)12-13-9-10-17-15(11-13)14-7-5-4-6-8-14;/h1-21,23-29H;4-7,9-11H,12H2,1-3H3;/q2*-1;/i;12D2;. The van der Waals surface area contributed by atoms with E-state index in [4.69, 9.17) is 12.1 Å². The van der Waals surface area contributed by atoms with Crippen molar-refractivity contribution < 1.29 is 27.3 Å². The van der Waals surface area contributed by atoms with Crippen LogP contribution in [-0.2, 0) is 26.5 Å². The van der Waals surface area contributed by atoms with Gasteiger partial charge in [0.25, 0.3) is 0 Å². The molecular weight excluding hydrogens is 1020 g/mol. The van der Waals surface area contributed by atoms with Gasteiger partial charge in [-0.1, -0.05) is 153 Å². The molecule has 13 rings (SSSR count). The molecule has 1 radical (unpaired) electrons. The predicted molar refractivity (Wildman–Crippen MR) is 282 cm³/mol. The van der Waals surface area contributed by atoms with Crippen molar-refractivity contribution in [3.05, 3.63) is 230 Å². The number of hydrogen-bond donors (Lipinski definition) is 0. The van der Waals surface area contributed by atoms with Crippen LogP contribution in [0.15, 0.2) is 217 Å². The summed E-state index contributed by atoms with van der Waals surface area (Å²) in [6.45, 7) is 5.71. The second-order valence-corrected chi connectivity index (χ2v) is 18.2. The van der Waals surface area contributed by atoms with Crippen molar-refractivity contribution >= 4 is 65.6 Å². The number of nitrogens with zero attached hydrogens (tertiary/aromatic N) is 4. The van der Waals surface area contributed by atoms with E-state index in [1.807, 2.05) is 69.4 Å². The third-order valence-corrected chi connectivity index (χ3v) is 12.6. The van der Waals surface area contributed by atoms with E-state index in [9.17, 15) is 0 Å². The van der Waals surface area contributed by atoms with Gasteiger partial charge >= 0.3 is 0 Å². The zero-order valence-corrected chi connectivity index (χ0v) is 40.6. The molecule has 0 N–H and O–H groups in total. The van der Waals surface area contributed by atoms with Crippen LogP contribution in [0.1, 0.15) is 29.1 Å². The van der Waals surface area contributed by atoms with Crippen molar-refractivity contribution in [3.8, 4) is 45.0 Å². The molecule has 0 fully saturated rings. The summed E-state index contributed by atoms with van der Waals surface area (Å²) in [7, 11) is 0. The maximum atomic E-state index is 8.31.